The van der Waals surface area contributed by atoms with Gasteiger partial charge in [-0.1, -0.05) is 17.8 Å². The molecule has 0 saturated heterocycles. The number of nitrogen functional groups attached to an aromatic ring is 1. The Morgan fingerprint density at radius 3 is 2.47 bits per heavy atom. The first-order chi connectivity index (χ1) is 8.99. The largest absolute Gasteiger partial charge is 0.397 e. The second kappa shape index (κ2) is 5.27. The minimum atomic E-state index is -0.686. The molecule has 0 radical (unpaired) electrons. The summed E-state index contributed by atoms with van der Waals surface area (Å²) in [5.74, 6) is -1.99. The topological polar surface area (TPSA) is 69.1 Å². The number of carbonyl (C=O) groups is 1. The smallest absolute Gasteiger partial charge is 0.250 e. The summed E-state index contributed by atoms with van der Waals surface area (Å²) < 4.78 is 26.3. The molecule has 0 aromatic heterocycles. The van der Waals surface area contributed by atoms with E-state index in [1.54, 1.807) is 12.1 Å². The van der Waals surface area contributed by atoms with E-state index in [0.717, 1.165) is 23.9 Å². The number of para-hydroxylation sites is 1. The lowest BCUT2D eigenvalue weighted by Crippen LogP contribution is -2.13. The van der Waals surface area contributed by atoms with Gasteiger partial charge < -0.3 is 11.5 Å². The number of primary amides is 1. The molecule has 98 valence electrons. The van der Waals surface area contributed by atoms with E-state index in [9.17, 15) is 13.6 Å². The van der Waals surface area contributed by atoms with Crippen LogP contribution in [0.1, 0.15) is 10.4 Å². The first-order valence-corrected chi connectivity index (χ1v) is 6.12. The van der Waals surface area contributed by atoms with Crippen LogP contribution >= 0.6 is 11.8 Å². The summed E-state index contributed by atoms with van der Waals surface area (Å²) in [6, 6.07) is 7.97. The van der Waals surface area contributed by atoms with Crippen LogP contribution in [0.5, 0.6) is 0 Å². The number of anilines is 1. The molecule has 4 N–H and O–H groups in total. The van der Waals surface area contributed by atoms with Crippen molar-refractivity contribution in [2.75, 3.05) is 5.73 Å². The van der Waals surface area contributed by atoms with Crippen LogP contribution in [0.2, 0.25) is 0 Å². The van der Waals surface area contributed by atoms with E-state index in [1.807, 2.05) is 0 Å². The minimum Gasteiger partial charge on any atom is -0.397 e. The maximum absolute atomic E-state index is 13.5. The molecule has 2 aromatic carbocycles. The Labute approximate surface area is 112 Å². The van der Waals surface area contributed by atoms with Gasteiger partial charge in [0, 0.05) is 15.9 Å². The predicted molar refractivity (Wildman–Crippen MR) is 69.9 cm³/mol. The van der Waals surface area contributed by atoms with Crippen LogP contribution < -0.4 is 11.5 Å². The molecule has 0 aliphatic rings. The third kappa shape index (κ3) is 2.85. The summed E-state index contributed by atoms with van der Waals surface area (Å²) in [6.07, 6.45) is 0. The number of amides is 1. The SMILES string of the molecule is NC(=O)c1cccc(Sc2ccc(F)cc2F)c1N. The molecule has 0 fully saturated rings. The number of benzene rings is 2. The van der Waals surface area contributed by atoms with Crippen LogP contribution in [-0.2, 0) is 0 Å². The second-order valence-electron chi connectivity index (χ2n) is 3.76. The Hall–Kier alpha value is -2.08. The molecule has 0 unspecified atom stereocenters. The maximum atomic E-state index is 13.5. The van der Waals surface area contributed by atoms with Crippen molar-refractivity contribution in [1.82, 2.24) is 0 Å². The predicted octanol–water partition coefficient (Wildman–Crippen LogP) is 2.80. The standard InChI is InChI=1S/C13H10F2N2OS/c14-7-4-5-10(9(15)6-7)19-11-3-1-2-8(12(11)16)13(17)18/h1-6H,16H2,(H2,17,18). The molecular weight excluding hydrogens is 270 g/mol. The van der Waals surface area contributed by atoms with Gasteiger partial charge in [-0.2, -0.15) is 0 Å². The number of rotatable bonds is 3. The van der Waals surface area contributed by atoms with Gasteiger partial charge in [0.2, 0.25) is 0 Å². The van der Waals surface area contributed by atoms with Crippen molar-refractivity contribution in [3.05, 3.63) is 53.6 Å². The summed E-state index contributed by atoms with van der Waals surface area (Å²) in [5, 5.41) is 0. The number of carbonyl (C=O) groups excluding carboxylic acids is 1. The van der Waals surface area contributed by atoms with Crippen molar-refractivity contribution in [3.63, 3.8) is 0 Å². The van der Waals surface area contributed by atoms with Crippen LogP contribution in [-0.4, -0.2) is 5.91 Å². The molecule has 0 heterocycles. The summed E-state index contributed by atoms with van der Waals surface area (Å²) in [5.41, 5.74) is 11.3. The Morgan fingerprint density at radius 1 is 1.11 bits per heavy atom. The molecule has 0 saturated carbocycles. The Bertz CT molecular complexity index is 647. The average molecular weight is 280 g/mol. The summed E-state index contributed by atoms with van der Waals surface area (Å²) in [6.45, 7) is 0. The van der Waals surface area contributed by atoms with Crippen LogP contribution in [0.15, 0.2) is 46.2 Å². The minimum absolute atomic E-state index is 0.174. The zero-order valence-electron chi connectivity index (χ0n) is 9.69. The number of hydrogen-bond donors (Lipinski definition) is 2. The normalized spacial score (nSPS) is 10.4. The van der Waals surface area contributed by atoms with E-state index >= 15 is 0 Å². The maximum Gasteiger partial charge on any atom is 0.250 e. The lowest BCUT2D eigenvalue weighted by Gasteiger charge is -2.09. The highest BCUT2D eigenvalue weighted by Gasteiger charge is 2.12. The van der Waals surface area contributed by atoms with Gasteiger partial charge in [0.05, 0.1) is 11.3 Å². The average Bonchev–Trinajstić information content (AvgIpc) is 2.34. The van der Waals surface area contributed by atoms with Gasteiger partial charge in [-0.3, -0.25) is 4.79 Å². The molecule has 6 heteroatoms. The van der Waals surface area contributed by atoms with E-state index in [-0.39, 0.29) is 16.1 Å². The van der Waals surface area contributed by atoms with Crippen LogP contribution in [0.25, 0.3) is 0 Å². The van der Waals surface area contributed by atoms with Crippen molar-refractivity contribution in [1.29, 1.82) is 0 Å². The molecule has 2 aromatic rings. The van der Waals surface area contributed by atoms with Gasteiger partial charge >= 0.3 is 0 Å². The Kier molecular flexibility index (Phi) is 3.71. The fourth-order valence-electron chi connectivity index (χ4n) is 1.52. The summed E-state index contributed by atoms with van der Waals surface area (Å²) in [4.78, 5) is 11.9. The van der Waals surface area contributed by atoms with E-state index in [2.05, 4.69) is 0 Å². The fraction of sp³-hybridized carbons (Fsp3) is 0. The Balaban J connectivity index is 2.38. The molecule has 1 amide bonds. The van der Waals surface area contributed by atoms with Gasteiger partial charge in [0.15, 0.2) is 0 Å². The van der Waals surface area contributed by atoms with Gasteiger partial charge in [0.25, 0.3) is 5.91 Å². The number of nitrogens with two attached hydrogens (primary N) is 2. The van der Waals surface area contributed by atoms with Crippen molar-refractivity contribution in [2.45, 2.75) is 9.79 Å². The van der Waals surface area contributed by atoms with E-state index in [1.165, 1.54) is 12.1 Å². The summed E-state index contributed by atoms with van der Waals surface area (Å²) >= 11 is 1.01. The van der Waals surface area contributed by atoms with E-state index < -0.39 is 17.5 Å². The van der Waals surface area contributed by atoms with Crippen molar-refractivity contribution >= 4 is 23.4 Å². The first-order valence-electron chi connectivity index (χ1n) is 5.30. The zero-order valence-corrected chi connectivity index (χ0v) is 10.5. The number of halogens is 2. The molecule has 0 aliphatic carbocycles. The lowest BCUT2D eigenvalue weighted by molar-refractivity contribution is 0.100. The second-order valence-corrected chi connectivity index (χ2v) is 4.84. The third-order valence-corrected chi connectivity index (χ3v) is 3.57. The molecule has 2 rings (SSSR count). The first kappa shape index (κ1) is 13.4. The number of hydrogen-bond acceptors (Lipinski definition) is 3. The highest BCUT2D eigenvalue weighted by molar-refractivity contribution is 7.99. The van der Waals surface area contributed by atoms with Gasteiger partial charge in [-0.05, 0) is 24.3 Å². The van der Waals surface area contributed by atoms with Gasteiger partial charge in [-0.15, -0.1) is 0 Å². The van der Waals surface area contributed by atoms with Crippen LogP contribution in [0, 0.1) is 11.6 Å². The van der Waals surface area contributed by atoms with Crippen molar-refractivity contribution in [3.8, 4) is 0 Å². The molecule has 3 nitrogen and oxygen atoms in total. The van der Waals surface area contributed by atoms with Crippen LogP contribution in [0.4, 0.5) is 14.5 Å². The lowest BCUT2D eigenvalue weighted by atomic mass is 10.2. The van der Waals surface area contributed by atoms with Crippen molar-refractivity contribution in [2.24, 2.45) is 5.73 Å². The molecule has 0 bridgehead atoms. The molecule has 0 atom stereocenters. The fourth-order valence-corrected chi connectivity index (χ4v) is 2.42. The highest BCUT2D eigenvalue weighted by atomic mass is 32.2. The third-order valence-electron chi connectivity index (χ3n) is 2.45. The molecule has 19 heavy (non-hydrogen) atoms. The Morgan fingerprint density at radius 2 is 1.84 bits per heavy atom. The zero-order chi connectivity index (χ0) is 14.0. The molecular formula is C13H10F2N2OS. The molecule has 0 aliphatic heterocycles. The van der Waals surface area contributed by atoms with Crippen LogP contribution in [0.3, 0.4) is 0 Å². The molecule has 0 spiro atoms. The highest BCUT2D eigenvalue weighted by Crippen LogP contribution is 2.35. The van der Waals surface area contributed by atoms with Gasteiger partial charge in [0.1, 0.15) is 11.6 Å². The summed E-state index contributed by atoms with van der Waals surface area (Å²) in [7, 11) is 0. The van der Waals surface area contributed by atoms with E-state index in [0.29, 0.717) is 4.90 Å². The van der Waals surface area contributed by atoms with Crippen molar-refractivity contribution < 1.29 is 13.6 Å². The monoisotopic (exact) mass is 280 g/mol. The van der Waals surface area contributed by atoms with Gasteiger partial charge in [-0.25, -0.2) is 8.78 Å². The van der Waals surface area contributed by atoms with E-state index in [4.69, 9.17) is 11.5 Å². The quantitative estimate of drug-likeness (QED) is 0.849.